The molecule has 2 aromatic rings. The first-order chi connectivity index (χ1) is 16.6. The first-order valence-electron chi connectivity index (χ1n) is 11.5. The predicted octanol–water partition coefficient (Wildman–Crippen LogP) is 3.60. The maximum atomic E-state index is 13.8. The standard InChI is InChI=1S/C26H28N2O6/c1-31-19-11-16(12-20(32-2)24(19)33-3)22-21-23(29)17-8-4-5-9-18(17)34-25(21)26(30)28(22)14-15-7-6-10-27-13-15/h6-7,10-13,17-18,22H,4-5,8-9,14H2,1-3H3. The molecule has 0 radical (unpaired) electrons. The van der Waals surface area contributed by atoms with Crippen LogP contribution < -0.4 is 14.2 Å². The lowest BCUT2D eigenvalue weighted by atomic mass is 9.77. The molecular weight excluding hydrogens is 436 g/mol. The van der Waals surface area contributed by atoms with Crippen molar-refractivity contribution in [3.63, 3.8) is 0 Å². The minimum atomic E-state index is -0.633. The summed E-state index contributed by atoms with van der Waals surface area (Å²) in [4.78, 5) is 33.3. The second-order valence-electron chi connectivity index (χ2n) is 8.81. The Kier molecular flexibility index (Phi) is 5.89. The van der Waals surface area contributed by atoms with E-state index in [0.29, 0.717) is 28.4 Å². The minimum Gasteiger partial charge on any atom is -0.493 e. The number of fused-ring (bicyclic) bond motifs is 1. The van der Waals surface area contributed by atoms with Gasteiger partial charge in [0, 0.05) is 18.9 Å². The third-order valence-electron chi connectivity index (χ3n) is 6.94. The van der Waals surface area contributed by atoms with Gasteiger partial charge in [0.25, 0.3) is 5.91 Å². The van der Waals surface area contributed by atoms with E-state index in [1.54, 1.807) is 43.6 Å². The van der Waals surface area contributed by atoms with Gasteiger partial charge in [0.15, 0.2) is 23.0 Å². The number of amides is 1. The van der Waals surface area contributed by atoms with E-state index in [1.165, 1.54) is 7.11 Å². The summed E-state index contributed by atoms with van der Waals surface area (Å²) in [6.45, 7) is 0.285. The molecule has 3 aliphatic rings. The molecule has 0 N–H and O–H groups in total. The van der Waals surface area contributed by atoms with E-state index in [4.69, 9.17) is 18.9 Å². The van der Waals surface area contributed by atoms with Crippen LogP contribution in [0.2, 0.25) is 0 Å². The average Bonchev–Trinajstić information content (AvgIpc) is 3.15. The first-order valence-corrected chi connectivity index (χ1v) is 11.5. The maximum Gasteiger partial charge on any atom is 0.290 e. The minimum absolute atomic E-state index is 0.00624. The van der Waals surface area contributed by atoms with E-state index >= 15 is 0 Å². The molecule has 0 saturated heterocycles. The monoisotopic (exact) mass is 464 g/mol. The summed E-state index contributed by atoms with van der Waals surface area (Å²) in [5.41, 5.74) is 1.98. The smallest absolute Gasteiger partial charge is 0.290 e. The number of pyridine rings is 1. The van der Waals surface area contributed by atoms with Crippen LogP contribution in [0, 0.1) is 5.92 Å². The van der Waals surface area contributed by atoms with Crippen molar-refractivity contribution >= 4 is 11.7 Å². The molecule has 0 bridgehead atoms. The van der Waals surface area contributed by atoms with Crippen molar-refractivity contribution in [2.45, 2.75) is 44.4 Å². The normalized spacial score (nSPS) is 23.9. The van der Waals surface area contributed by atoms with E-state index in [9.17, 15) is 9.59 Å². The number of Topliss-reactive ketones (excluding diaryl/α,β-unsaturated/α-hetero) is 1. The van der Waals surface area contributed by atoms with Crippen molar-refractivity contribution in [3.05, 3.63) is 59.1 Å². The van der Waals surface area contributed by atoms with Crippen LogP contribution in [0.5, 0.6) is 17.2 Å². The number of carbonyl (C=O) groups is 2. The number of ether oxygens (including phenoxy) is 4. The van der Waals surface area contributed by atoms with Crippen molar-refractivity contribution in [2.24, 2.45) is 5.92 Å². The molecule has 1 saturated carbocycles. The average molecular weight is 465 g/mol. The Morgan fingerprint density at radius 1 is 1.06 bits per heavy atom. The molecule has 1 aromatic carbocycles. The van der Waals surface area contributed by atoms with Gasteiger partial charge < -0.3 is 23.8 Å². The summed E-state index contributed by atoms with van der Waals surface area (Å²) in [5.74, 6) is 1.05. The fourth-order valence-corrected chi connectivity index (χ4v) is 5.35. The van der Waals surface area contributed by atoms with Crippen molar-refractivity contribution in [2.75, 3.05) is 21.3 Å². The molecule has 3 heterocycles. The third kappa shape index (κ3) is 3.57. The van der Waals surface area contributed by atoms with Gasteiger partial charge in [-0.05, 0) is 48.6 Å². The Morgan fingerprint density at radius 3 is 2.44 bits per heavy atom. The van der Waals surface area contributed by atoms with E-state index < -0.39 is 6.04 Å². The summed E-state index contributed by atoms with van der Waals surface area (Å²) in [5, 5.41) is 0. The van der Waals surface area contributed by atoms with Crippen LogP contribution >= 0.6 is 0 Å². The molecule has 178 valence electrons. The lowest BCUT2D eigenvalue weighted by Gasteiger charge is -2.35. The number of rotatable bonds is 6. The van der Waals surface area contributed by atoms with E-state index in [2.05, 4.69) is 4.98 Å². The topological polar surface area (TPSA) is 87.2 Å². The summed E-state index contributed by atoms with van der Waals surface area (Å²) < 4.78 is 22.8. The summed E-state index contributed by atoms with van der Waals surface area (Å²) in [6, 6.07) is 6.70. The van der Waals surface area contributed by atoms with E-state index in [-0.39, 0.29) is 36.0 Å². The summed E-state index contributed by atoms with van der Waals surface area (Å²) >= 11 is 0. The van der Waals surface area contributed by atoms with Gasteiger partial charge in [-0.3, -0.25) is 14.6 Å². The quantitative estimate of drug-likeness (QED) is 0.646. The summed E-state index contributed by atoms with van der Waals surface area (Å²) in [7, 11) is 4.62. The summed E-state index contributed by atoms with van der Waals surface area (Å²) in [6.07, 6.45) is 6.73. The molecule has 1 amide bonds. The number of benzene rings is 1. The number of nitrogens with zero attached hydrogens (tertiary/aromatic N) is 2. The largest absolute Gasteiger partial charge is 0.493 e. The van der Waals surface area contributed by atoms with Crippen molar-refractivity contribution in [1.29, 1.82) is 0 Å². The Bertz CT molecular complexity index is 1120. The van der Waals surface area contributed by atoms with Crippen molar-refractivity contribution in [1.82, 2.24) is 9.88 Å². The molecule has 0 spiro atoms. The highest BCUT2D eigenvalue weighted by Crippen LogP contribution is 2.49. The van der Waals surface area contributed by atoms with Gasteiger partial charge in [-0.2, -0.15) is 0 Å². The van der Waals surface area contributed by atoms with Crippen molar-refractivity contribution < 1.29 is 28.5 Å². The molecule has 1 aromatic heterocycles. The number of aromatic nitrogens is 1. The molecule has 8 nitrogen and oxygen atoms in total. The Hall–Kier alpha value is -3.55. The Labute approximate surface area is 198 Å². The molecule has 2 aliphatic heterocycles. The molecule has 34 heavy (non-hydrogen) atoms. The zero-order valence-corrected chi connectivity index (χ0v) is 19.6. The van der Waals surface area contributed by atoms with Crippen LogP contribution in [0.1, 0.15) is 42.9 Å². The Balaban J connectivity index is 1.65. The van der Waals surface area contributed by atoms with Crippen LogP contribution in [0.3, 0.4) is 0 Å². The highest BCUT2D eigenvalue weighted by Gasteiger charge is 2.52. The zero-order valence-electron chi connectivity index (χ0n) is 19.6. The van der Waals surface area contributed by atoms with Gasteiger partial charge in [-0.25, -0.2) is 0 Å². The Morgan fingerprint density at radius 2 is 1.79 bits per heavy atom. The molecule has 1 fully saturated rings. The van der Waals surface area contributed by atoms with Crippen LogP contribution in [0.15, 0.2) is 48.0 Å². The zero-order chi connectivity index (χ0) is 23.8. The van der Waals surface area contributed by atoms with Gasteiger partial charge in [0.05, 0.1) is 38.9 Å². The van der Waals surface area contributed by atoms with E-state index in [1.807, 2.05) is 12.1 Å². The molecule has 1 aliphatic carbocycles. The molecule has 3 unspecified atom stereocenters. The van der Waals surface area contributed by atoms with Crippen LogP contribution in [-0.2, 0) is 20.9 Å². The van der Waals surface area contributed by atoms with Gasteiger partial charge in [0.1, 0.15) is 6.10 Å². The molecule has 3 atom stereocenters. The lowest BCUT2D eigenvalue weighted by molar-refractivity contribution is -0.135. The number of hydrogen-bond acceptors (Lipinski definition) is 7. The third-order valence-corrected chi connectivity index (χ3v) is 6.94. The molecule has 8 heteroatoms. The van der Waals surface area contributed by atoms with Gasteiger partial charge in [-0.1, -0.05) is 12.5 Å². The maximum absolute atomic E-state index is 13.8. The fraction of sp³-hybridized carbons (Fsp3) is 0.423. The first kappa shape index (κ1) is 22.3. The van der Waals surface area contributed by atoms with Gasteiger partial charge in [-0.15, -0.1) is 0 Å². The van der Waals surface area contributed by atoms with Crippen LogP contribution in [0.25, 0.3) is 0 Å². The molecular formula is C26H28N2O6. The van der Waals surface area contributed by atoms with Crippen LogP contribution in [0.4, 0.5) is 0 Å². The fourth-order valence-electron chi connectivity index (χ4n) is 5.35. The number of carbonyl (C=O) groups excluding carboxylic acids is 2. The van der Waals surface area contributed by atoms with Gasteiger partial charge in [0.2, 0.25) is 5.75 Å². The SMILES string of the molecule is COc1cc(C2C3=C(OC4CCCCC4C3=O)C(=O)N2Cc2cccnc2)cc(OC)c1OC. The van der Waals surface area contributed by atoms with E-state index in [0.717, 1.165) is 31.2 Å². The number of hydrogen-bond donors (Lipinski definition) is 0. The number of methoxy groups -OCH3 is 3. The highest BCUT2D eigenvalue weighted by atomic mass is 16.5. The highest BCUT2D eigenvalue weighted by molar-refractivity contribution is 6.11. The second-order valence-corrected chi connectivity index (χ2v) is 8.81. The molecule has 5 rings (SSSR count). The lowest BCUT2D eigenvalue weighted by Crippen LogP contribution is -2.39. The predicted molar refractivity (Wildman–Crippen MR) is 122 cm³/mol. The number of ketones is 1. The second kappa shape index (κ2) is 9.00. The van der Waals surface area contributed by atoms with Crippen molar-refractivity contribution in [3.8, 4) is 17.2 Å². The van der Waals surface area contributed by atoms with Gasteiger partial charge >= 0.3 is 0 Å². The van der Waals surface area contributed by atoms with Crippen LogP contribution in [-0.4, -0.2) is 49.0 Å².